The van der Waals surface area contributed by atoms with Crippen LogP contribution in [0.1, 0.15) is 19.4 Å². The molecule has 0 heterocycles. The summed E-state index contributed by atoms with van der Waals surface area (Å²) >= 11 is 0. The Morgan fingerprint density at radius 1 is 1.22 bits per heavy atom. The lowest BCUT2D eigenvalue weighted by molar-refractivity contribution is -0.385. The third-order valence-electron chi connectivity index (χ3n) is 3.76. The van der Waals surface area contributed by atoms with Gasteiger partial charge in [0.25, 0.3) is 15.7 Å². The summed E-state index contributed by atoms with van der Waals surface area (Å²) in [5.41, 5.74) is 0.564. The van der Waals surface area contributed by atoms with Gasteiger partial charge in [-0.05, 0) is 51.1 Å². The molecule has 0 N–H and O–H groups in total. The minimum absolute atomic E-state index is 0.00281. The molecule has 0 aliphatic heterocycles. The lowest BCUT2D eigenvalue weighted by atomic mass is 10.2. The number of ether oxygens (including phenoxy) is 1. The average Bonchev–Trinajstić information content (AvgIpc) is 2.60. The Balaban J connectivity index is 2.47. The molecule has 0 aliphatic carbocycles. The van der Waals surface area contributed by atoms with Gasteiger partial charge in [0.1, 0.15) is 5.75 Å². The number of hydrogen-bond donors (Lipinski definition) is 0. The lowest BCUT2D eigenvalue weighted by Crippen LogP contribution is -2.31. The van der Waals surface area contributed by atoms with Crippen LogP contribution in [0.2, 0.25) is 0 Å². The van der Waals surface area contributed by atoms with Gasteiger partial charge in [0.05, 0.1) is 28.2 Å². The summed E-state index contributed by atoms with van der Waals surface area (Å²) in [4.78, 5) is 10.4. The van der Waals surface area contributed by atoms with E-state index in [4.69, 9.17) is 4.74 Å². The Hall–Kier alpha value is -2.87. The molecule has 0 spiro atoms. The van der Waals surface area contributed by atoms with E-state index in [9.17, 15) is 18.5 Å². The summed E-state index contributed by atoms with van der Waals surface area (Å²) in [5, 5.41) is 11.2. The van der Waals surface area contributed by atoms with Crippen molar-refractivity contribution >= 4 is 21.4 Å². The van der Waals surface area contributed by atoms with Crippen molar-refractivity contribution in [2.75, 3.05) is 10.8 Å². The van der Waals surface area contributed by atoms with Crippen LogP contribution in [0.25, 0.3) is 0 Å². The number of nitro groups is 1. The minimum Gasteiger partial charge on any atom is -0.491 e. The second-order valence-electron chi connectivity index (χ2n) is 6.19. The third-order valence-corrected chi connectivity index (χ3v) is 5.55. The van der Waals surface area contributed by atoms with Crippen molar-refractivity contribution in [2.24, 2.45) is 0 Å². The van der Waals surface area contributed by atoms with Crippen LogP contribution >= 0.6 is 0 Å². The zero-order valence-corrected chi connectivity index (χ0v) is 16.3. The van der Waals surface area contributed by atoms with Gasteiger partial charge in [0, 0.05) is 11.6 Å². The van der Waals surface area contributed by atoms with Gasteiger partial charge in [-0.1, -0.05) is 12.1 Å². The summed E-state index contributed by atoms with van der Waals surface area (Å²) in [6.45, 7) is 8.98. The maximum Gasteiger partial charge on any atom is 0.273 e. The van der Waals surface area contributed by atoms with E-state index in [1.165, 1.54) is 18.2 Å². The molecule has 0 saturated carbocycles. The van der Waals surface area contributed by atoms with E-state index < -0.39 is 14.9 Å². The lowest BCUT2D eigenvalue weighted by Gasteiger charge is -2.23. The highest BCUT2D eigenvalue weighted by molar-refractivity contribution is 7.92. The van der Waals surface area contributed by atoms with Crippen molar-refractivity contribution in [1.82, 2.24) is 0 Å². The molecule has 0 radical (unpaired) electrons. The van der Waals surface area contributed by atoms with E-state index in [1.807, 2.05) is 13.8 Å². The number of anilines is 1. The molecular formula is C19H22N2O5S. The number of sulfonamides is 1. The van der Waals surface area contributed by atoms with Crippen LogP contribution in [-0.2, 0) is 10.0 Å². The molecule has 2 aromatic carbocycles. The SMILES string of the molecule is C=CCN(c1ccc(OC(C)C)cc1)S(=O)(=O)c1ccc(C)c([N+](=O)[O-])c1. The Morgan fingerprint density at radius 2 is 1.85 bits per heavy atom. The molecular weight excluding hydrogens is 368 g/mol. The van der Waals surface area contributed by atoms with Crippen LogP contribution < -0.4 is 9.04 Å². The zero-order valence-electron chi connectivity index (χ0n) is 15.5. The van der Waals surface area contributed by atoms with E-state index in [1.54, 1.807) is 31.2 Å². The number of nitrogens with zero attached hydrogens (tertiary/aromatic N) is 2. The highest BCUT2D eigenvalue weighted by atomic mass is 32.2. The third kappa shape index (κ3) is 4.65. The minimum atomic E-state index is -4.01. The molecule has 27 heavy (non-hydrogen) atoms. The molecule has 7 nitrogen and oxygen atoms in total. The molecule has 2 rings (SSSR count). The molecule has 0 fully saturated rings. The molecule has 144 valence electrons. The van der Waals surface area contributed by atoms with Crippen LogP contribution in [0, 0.1) is 17.0 Å². The van der Waals surface area contributed by atoms with Gasteiger partial charge in [0.2, 0.25) is 0 Å². The molecule has 0 bridgehead atoms. The predicted octanol–water partition coefficient (Wildman–Crippen LogP) is 4.07. The zero-order chi connectivity index (χ0) is 20.2. The maximum absolute atomic E-state index is 13.1. The molecule has 0 aliphatic rings. The Morgan fingerprint density at radius 3 is 2.37 bits per heavy atom. The van der Waals surface area contributed by atoms with E-state index in [0.29, 0.717) is 17.0 Å². The van der Waals surface area contributed by atoms with E-state index in [2.05, 4.69) is 6.58 Å². The molecule has 8 heteroatoms. The standard InChI is InChI=1S/C19H22N2O5S/c1-5-12-20(16-7-9-17(10-8-16)26-14(2)3)27(24,25)18-11-6-15(4)19(13-18)21(22)23/h5-11,13-14H,1,12H2,2-4H3. The Bertz CT molecular complexity index is 937. The first-order valence-electron chi connectivity index (χ1n) is 8.32. The number of benzene rings is 2. The fraction of sp³-hybridized carbons (Fsp3) is 0.263. The van der Waals surface area contributed by atoms with Gasteiger partial charge in [-0.15, -0.1) is 6.58 Å². The average molecular weight is 390 g/mol. The van der Waals surface area contributed by atoms with Gasteiger partial charge in [0.15, 0.2) is 0 Å². The second-order valence-corrected chi connectivity index (χ2v) is 8.05. The first-order chi connectivity index (χ1) is 12.7. The van der Waals surface area contributed by atoms with Crippen molar-refractivity contribution in [1.29, 1.82) is 0 Å². The maximum atomic E-state index is 13.1. The fourth-order valence-electron chi connectivity index (χ4n) is 2.50. The first-order valence-corrected chi connectivity index (χ1v) is 9.76. The molecule has 0 amide bonds. The smallest absolute Gasteiger partial charge is 0.273 e. The molecule has 0 aromatic heterocycles. The quantitative estimate of drug-likeness (QED) is 0.385. The van der Waals surface area contributed by atoms with Gasteiger partial charge in [-0.2, -0.15) is 0 Å². The van der Waals surface area contributed by atoms with Gasteiger partial charge in [-0.25, -0.2) is 8.42 Å². The van der Waals surface area contributed by atoms with E-state index >= 15 is 0 Å². The van der Waals surface area contributed by atoms with Gasteiger partial charge >= 0.3 is 0 Å². The summed E-state index contributed by atoms with van der Waals surface area (Å²) in [5.74, 6) is 0.621. The van der Waals surface area contributed by atoms with Gasteiger partial charge < -0.3 is 4.74 Å². The summed E-state index contributed by atoms with van der Waals surface area (Å²) in [7, 11) is -4.01. The number of hydrogen-bond acceptors (Lipinski definition) is 5. The molecule has 0 saturated heterocycles. The van der Waals surface area contributed by atoms with Crippen LogP contribution in [0.4, 0.5) is 11.4 Å². The first kappa shape index (κ1) is 20.4. The van der Waals surface area contributed by atoms with Crippen molar-refractivity contribution < 1.29 is 18.1 Å². The van der Waals surface area contributed by atoms with Crippen LogP contribution in [0.15, 0.2) is 60.0 Å². The van der Waals surface area contributed by atoms with Gasteiger partial charge in [-0.3, -0.25) is 14.4 Å². The number of nitro benzene ring substituents is 1. The fourth-order valence-corrected chi connectivity index (χ4v) is 3.95. The summed E-state index contributed by atoms with van der Waals surface area (Å²) in [6.07, 6.45) is 1.45. The predicted molar refractivity (Wildman–Crippen MR) is 105 cm³/mol. The van der Waals surface area contributed by atoms with Crippen molar-refractivity contribution in [3.05, 3.63) is 70.8 Å². The Kier molecular flexibility index (Phi) is 6.22. The van der Waals surface area contributed by atoms with Crippen molar-refractivity contribution in [3.63, 3.8) is 0 Å². The topological polar surface area (TPSA) is 89.8 Å². The van der Waals surface area contributed by atoms with Crippen molar-refractivity contribution in [2.45, 2.75) is 31.8 Å². The van der Waals surface area contributed by atoms with Crippen LogP contribution in [0.3, 0.4) is 0 Å². The summed E-state index contributed by atoms with van der Waals surface area (Å²) in [6, 6.07) is 10.5. The van der Waals surface area contributed by atoms with Crippen LogP contribution in [-0.4, -0.2) is 26.0 Å². The highest BCUT2D eigenvalue weighted by Crippen LogP contribution is 2.29. The number of aryl methyl sites for hydroxylation is 1. The molecule has 0 atom stereocenters. The van der Waals surface area contributed by atoms with Crippen LogP contribution in [0.5, 0.6) is 5.75 Å². The van der Waals surface area contributed by atoms with Crippen molar-refractivity contribution in [3.8, 4) is 5.75 Å². The Labute approximate surface area is 159 Å². The number of rotatable bonds is 8. The molecule has 2 aromatic rings. The van der Waals surface area contributed by atoms with E-state index in [-0.39, 0.29) is 23.2 Å². The largest absolute Gasteiger partial charge is 0.491 e. The van der Waals surface area contributed by atoms with E-state index in [0.717, 1.165) is 10.4 Å². The molecule has 0 unspecified atom stereocenters. The summed E-state index contributed by atoms with van der Waals surface area (Å²) < 4.78 is 32.9. The highest BCUT2D eigenvalue weighted by Gasteiger charge is 2.26. The monoisotopic (exact) mass is 390 g/mol. The normalized spacial score (nSPS) is 11.3. The second kappa shape index (κ2) is 8.22.